The van der Waals surface area contributed by atoms with Crippen molar-refractivity contribution in [1.29, 1.82) is 0 Å². The molecule has 6 heteroatoms. The summed E-state index contributed by atoms with van der Waals surface area (Å²) in [6, 6.07) is 5.31. The SMILES string of the molecule is O=C1CCc2cc(NC(=O)[C@H]3CC=CC[C@@H]3C(=O)O)ccc2N1. The zero-order valence-electron chi connectivity index (χ0n) is 12.5. The van der Waals surface area contributed by atoms with Gasteiger partial charge in [-0.25, -0.2) is 0 Å². The van der Waals surface area contributed by atoms with Crippen LogP contribution in [0.3, 0.4) is 0 Å². The van der Waals surface area contributed by atoms with E-state index in [4.69, 9.17) is 0 Å². The van der Waals surface area contributed by atoms with Crippen LogP contribution in [-0.4, -0.2) is 22.9 Å². The molecule has 2 atom stereocenters. The van der Waals surface area contributed by atoms with E-state index in [0.717, 1.165) is 11.3 Å². The summed E-state index contributed by atoms with van der Waals surface area (Å²) in [6.07, 6.45) is 5.54. The number of carbonyl (C=O) groups is 3. The van der Waals surface area contributed by atoms with Gasteiger partial charge < -0.3 is 15.7 Å². The van der Waals surface area contributed by atoms with Crippen LogP contribution in [0.1, 0.15) is 24.8 Å². The van der Waals surface area contributed by atoms with Crippen LogP contribution < -0.4 is 10.6 Å². The summed E-state index contributed by atoms with van der Waals surface area (Å²) in [7, 11) is 0. The van der Waals surface area contributed by atoms with Crippen molar-refractivity contribution in [3.05, 3.63) is 35.9 Å². The smallest absolute Gasteiger partial charge is 0.307 e. The second-order valence-corrected chi connectivity index (χ2v) is 5.90. The van der Waals surface area contributed by atoms with Gasteiger partial charge in [0.15, 0.2) is 0 Å². The van der Waals surface area contributed by atoms with Crippen LogP contribution in [0.2, 0.25) is 0 Å². The van der Waals surface area contributed by atoms with Gasteiger partial charge in [0.1, 0.15) is 0 Å². The summed E-state index contributed by atoms with van der Waals surface area (Å²) in [5.41, 5.74) is 2.37. The molecular formula is C17H18N2O4. The Bertz CT molecular complexity index is 696. The van der Waals surface area contributed by atoms with Crippen molar-refractivity contribution >= 4 is 29.2 Å². The molecule has 0 radical (unpaired) electrons. The lowest BCUT2D eigenvalue weighted by atomic mass is 9.82. The number of aryl methyl sites for hydroxylation is 1. The Morgan fingerprint density at radius 3 is 2.61 bits per heavy atom. The van der Waals surface area contributed by atoms with Gasteiger partial charge in [-0.1, -0.05) is 12.2 Å². The van der Waals surface area contributed by atoms with Crippen LogP contribution in [0.5, 0.6) is 0 Å². The van der Waals surface area contributed by atoms with Crippen molar-refractivity contribution < 1.29 is 19.5 Å². The molecule has 2 amide bonds. The number of hydrogen-bond donors (Lipinski definition) is 3. The van der Waals surface area contributed by atoms with Crippen LogP contribution in [0.15, 0.2) is 30.4 Å². The minimum Gasteiger partial charge on any atom is -0.481 e. The monoisotopic (exact) mass is 314 g/mol. The molecule has 0 fully saturated rings. The lowest BCUT2D eigenvalue weighted by Crippen LogP contribution is -2.34. The first-order valence-electron chi connectivity index (χ1n) is 7.66. The highest BCUT2D eigenvalue weighted by Crippen LogP contribution is 2.29. The average Bonchev–Trinajstić information content (AvgIpc) is 2.55. The molecule has 3 N–H and O–H groups in total. The molecule has 120 valence electrons. The summed E-state index contributed by atoms with van der Waals surface area (Å²) in [4.78, 5) is 35.1. The molecule has 0 spiro atoms. The van der Waals surface area contributed by atoms with Crippen LogP contribution in [0.4, 0.5) is 11.4 Å². The van der Waals surface area contributed by atoms with Crippen molar-refractivity contribution in [2.45, 2.75) is 25.7 Å². The van der Waals surface area contributed by atoms with Gasteiger partial charge in [-0.15, -0.1) is 0 Å². The highest BCUT2D eigenvalue weighted by atomic mass is 16.4. The van der Waals surface area contributed by atoms with Crippen LogP contribution in [0.25, 0.3) is 0 Å². The number of benzene rings is 1. The fraction of sp³-hybridized carbons (Fsp3) is 0.353. The second-order valence-electron chi connectivity index (χ2n) is 5.90. The summed E-state index contributed by atoms with van der Waals surface area (Å²) in [5, 5.41) is 14.8. The molecule has 6 nitrogen and oxygen atoms in total. The molecule has 0 saturated heterocycles. The molecule has 1 heterocycles. The largest absolute Gasteiger partial charge is 0.481 e. The van der Waals surface area contributed by atoms with Gasteiger partial charge in [0.05, 0.1) is 11.8 Å². The van der Waals surface area contributed by atoms with Crippen LogP contribution >= 0.6 is 0 Å². The van der Waals surface area contributed by atoms with Gasteiger partial charge in [0, 0.05) is 17.8 Å². The van der Waals surface area contributed by atoms with E-state index in [-0.39, 0.29) is 11.8 Å². The van der Waals surface area contributed by atoms with Gasteiger partial charge in [-0.05, 0) is 43.0 Å². The number of carbonyl (C=O) groups excluding carboxylic acids is 2. The highest BCUT2D eigenvalue weighted by molar-refractivity contribution is 5.97. The lowest BCUT2D eigenvalue weighted by molar-refractivity contribution is -0.146. The van der Waals surface area contributed by atoms with Crippen LogP contribution in [0, 0.1) is 11.8 Å². The fourth-order valence-corrected chi connectivity index (χ4v) is 3.07. The first-order valence-corrected chi connectivity index (χ1v) is 7.66. The number of fused-ring (bicyclic) bond motifs is 1. The summed E-state index contributed by atoms with van der Waals surface area (Å²) < 4.78 is 0. The van der Waals surface area contributed by atoms with E-state index in [0.29, 0.717) is 31.4 Å². The Hall–Kier alpha value is -2.63. The van der Waals surface area contributed by atoms with Crippen molar-refractivity contribution in [1.82, 2.24) is 0 Å². The standard InChI is InChI=1S/C17H18N2O4/c20-15-8-5-10-9-11(6-7-14(10)19-15)18-16(21)12-3-1-2-4-13(12)17(22)23/h1-2,6-7,9,12-13H,3-5,8H2,(H,18,21)(H,19,20)(H,22,23)/t12-,13-/m0/s1. The molecule has 1 aromatic carbocycles. The number of carboxylic acids is 1. The maximum atomic E-state index is 12.4. The van der Waals surface area contributed by atoms with Crippen molar-refractivity contribution in [2.75, 3.05) is 10.6 Å². The average molecular weight is 314 g/mol. The molecule has 23 heavy (non-hydrogen) atoms. The predicted molar refractivity (Wildman–Crippen MR) is 85.0 cm³/mol. The Kier molecular flexibility index (Phi) is 4.14. The minimum atomic E-state index is -0.942. The maximum absolute atomic E-state index is 12.4. The fourth-order valence-electron chi connectivity index (χ4n) is 3.07. The second kappa shape index (κ2) is 6.24. The van der Waals surface area contributed by atoms with E-state index in [1.165, 1.54) is 0 Å². The van der Waals surface area contributed by atoms with E-state index in [2.05, 4.69) is 10.6 Å². The zero-order valence-corrected chi connectivity index (χ0v) is 12.5. The summed E-state index contributed by atoms with van der Waals surface area (Å²) in [6.45, 7) is 0. The number of carboxylic acid groups (broad SMARTS) is 1. The van der Waals surface area contributed by atoms with Gasteiger partial charge >= 0.3 is 5.97 Å². The number of aliphatic carboxylic acids is 1. The van der Waals surface area contributed by atoms with Crippen molar-refractivity contribution in [3.8, 4) is 0 Å². The van der Waals surface area contributed by atoms with Gasteiger partial charge in [0.25, 0.3) is 0 Å². The minimum absolute atomic E-state index is 0.00687. The van der Waals surface area contributed by atoms with E-state index in [9.17, 15) is 19.5 Å². The Morgan fingerprint density at radius 2 is 1.87 bits per heavy atom. The third-order valence-electron chi connectivity index (χ3n) is 4.35. The normalized spacial score (nSPS) is 22.9. The number of rotatable bonds is 3. The van der Waals surface area contributed by atoms with E-state index in [1.807, 2.05) is 18.2 Å². The third-order valence-corrected chi connectivity index (χ3v) is 4.35. The molecule has 1 aliphatic heterocycles. The highest BCUT2D eigenvalue weighted by Gasteiger charge is 2.34. The summed E-state index contributed by atoms with van der Waals surface area (Å²) >= 11 is 0. The number of hydrogen-bond acceptors (Lipinski definition) is 3. The molecule has 3 rings (SSSR count). The molecule has 0 unspecified atom stereocenters. The summed E-state index contributed by atoms with van der Waals surface area (Å²) in [5.74, 6) is -2.47. The van der Waals surface area contributed by atoms with Gasteiger partial charge in [-0.3, -0.25) is 14.4 Å². The first-order chi connectivity index (χ1) is 11.0. The Labute approximate surface area is 133 Å². The Morgan fingerprint density at radius 1 is 1.13 bits per heavy atom. The molecule has 0 bridgehead atoms. The van der Waals surface area contributed by atoms with Gasteiger partial charge in [0.2, 0.25) is 11.8 Å². The first kappa shape index (κ1) is 15.3. The van der Waals surface area contributed by atoms with E-state index < -0.39 is 17.8 Å². The zero-order chi connectivity index (χ0) is 16.4. The molecule has 1 aliphatic carbocycles. The third kappa shape index (κ3) is 3.26. The number of anilines is 2. The van der Waals surface area contributed by atoms with Crippen molar-refractivity contribution in [2.24, 2.45) is 11.8 Å². The van der Waals surface area contributed by atoms with E-state index in [1.54, 1.807) is 12.1 Å². The maximum Gasteiger partial charge on any atom is 0.307 e. The lowest BCUT2D eigenvalue weighted by Gasteiger charge is -2.24. The quantitative estimate of drug-likeness (QED) is 0.745. The Balaban J connectivity index is 1.74. The molecule has 1 aromatic rings. The molecule has 0 saturated carbocycles. The number of amides is 2. The predicted octanol–water partition coefficient (Wildman–Crippen LogP) is 2.18. The number of nitrogens with one attached hydrogen (secondary N) is 2. The molecular weight excluding hydrogens is 296 g/mol. The molecule has 2 aliphatic rings. The topological polar surface area (TPSA) is 95.5 Å². The van der Waals surface area contributed by atoms with Crippen molar-refractivity contribution in [3.63, 3.8) is 0 Å². The van der Waals surface area contributed by atoms with Crippen LogP contribution in [-0.2, 0) is 20.8 Å². The van der Waals surface area contributed by atoms with E-state index >= 15 is 0 Å². The number of allylic oxidation sites excluding steroid dienone is 2. The molecule has 0 aromatic heterocycles. The van der Waals surface area contributed by atoms with Gasteiger partial charge in [-0.2, -0.15) is 0 Å².